The van der Waals surface area contributed by atoms with Crippen molar-refractivity contribution in [2.24, 2.45) is 15.9 Å². The molecule has 0 atom stereocenters. The van der Waals surface area contributed by atoms with Crippen LogP contribution < -0.4 is 0 Å². The Bertz CT molecular complexity index is 793. The summed E-state index contributed by atoms with van der Waals surface area (Å²) in [5.41, 5.74) is 1.43. The molecule has 2 rings (SSSR count). The van der Waals surface area contributed by atoms with Crippen LogP contribution in [0.2, 0.25) is 0 Å². The first-order chi connectivity index (χ1) is 13.9. The fourth-order valence-electron chi connectivity index (χ4n) is 2.76. The van der Waals surface area contributed by atoms with E-state index in [1.165, 1.54) is 24.6 Å². The zero-order chi connectivity index (χ0) is 21.4. The molecule has 8 heteroatoms. The van der Waals surface area contributed by atoms with E-state index in [1.54, 1.807) is 11.8 Å². The molecule has 1 fully saturated rings. The number of hydrogen-bond acceptors (Lipinski definition) is 5. The highest BCUT2D eigenvalue weighted by molar-refractivity contribution is 6.12. The number of aliphatic imine (C=N–C) groups is 2. The van der Waals surface area contributed by atoms with Gasteiger partial charge in [-0.25, -0.2) is 8.78 Å². The van der Waals surface area contributed by atoms with Crippen LogP contribution in [0, 0.1) is 5.92 Å². The molecule has 1 heterocycles. The molecule has 0 saturated heterocycles. The molecule has 0 aromatic rings. The Balaban J connectivity index is 2.00. The Morgan fingerprint density at radius 2 is 2.14 bits per heavy atom. The maximum atomic E-state index is 12.6. The summed E-state index contributed by atoms with van der Waals surface area (Å²) in [6, 6.07) is 0. The van der Waals surface area contributed by atoms with Gasteiger partial charge in [0.25, 0.3) is 12.3 Å². The van der Waals surface area contributed by atoms with Gasteiger partial charge in [-0.15, -0.1) is 0 Å². The second kappa shape index (κ2) is 10.6. The van der Waals surface area contributed by atoms with E-state index in [9.17, 15) is 18.4 Å². The Morgan fingerprint density at radius 3 is 2.72 bits per heavy atom. The molecule has 156 valence electrons. The second-order valence-corrected chi connectivity index (χ2v) is 6.74. The van der Waals surface area contributed by atoms with Gasteiger partial charge in [-0.1, -0.05) is 12.7 Å². The molecular formula is C21H25F2N3O3. The third kappa shape index (κ3) is 6.30. The lowest BCUT2D eigenvalue weighted by molar-refractivity contribution is -0.125. The first-order valence-electron chi connectivity index (χ1n) is 9.32. The molecule has 0 N–H and O–H groups in total. The van der Waals surface area contributed by atoms with Crippen LogP contribution in [0.5, 0.6) is 0 Å². The highest BCUT2D eigenvalue weighted by atomic mass is 19.3. The van der Waals surface area contributed by atoms with Crippen molar-refractivity contribution < 1.29 is 23.1 Å². The van der Waals surface area contributed by atoms with Gasteiger partial charge in [0.1, 0.15) is 12.4 Å². The molecule has 1 amide bonds. The van der Waals surface area contributed by atoms with E-state index in [2.05, 4.69) is 23.3 Å². The van der Waals surface area contributed by atoms with E-state index in [0.29, 0.717) is 16.7 Å². The molecule has 0 unspecified atom stereocenters. The van der Waals surface area contributed by atoms with Gasteiger partial charge in [0.15, 0.2) is 5.78 Å². The topological polar surface area (TPSA) is 71.3 Å². The monoisotopic (exact) mass is 405 g/mol. The number of hydrogen-bond donors (Lipinski definition) is 0. The molecule has 0 spiro atoms. The molecule has 0 bridgehead atoms. The molecule has 29 heavy (non-hydrogen) atoms. The molecule has 1 saturated carbocycles. The molecule has 6 nitrogen and oxygen atoms in total. The van der Waals surface area contributed by atoms with Crippen LogP contribution >= 0.6 is 0 Å². The van der Waals surface area contributed by atoms with Gasteiger partial charge >= 0.3 is 0 Å². The van der Waals surface area contributed by atoms with Crippen molar-refractivity contribution in [2.75, 3.05) is 26.2 Å². The van der Waals surface area contributed by atoms with Crippen molar-refractivity contribution in [3.63, 3.8) is 0 Å². The van der Waals surface area contributed by atoms with Crippen LogP contribution in [0.1, 0.15) is 19.8 Å². The standard InChI is InChI=1S/C21H25F2N3O3/c1-4-14(2)18(29-13-19(22)23)11-25-9-10-26-12-17(20(27)15-5-6-15)16(21(26)28)7-8-24-3/h4,7-8,11,15,19H,1,3,5-6,9-10,12-13H2,2H3/b8-7-,18-14+,25-11-. The van der Waals surface area contributed by atoms with E-state index < -0.39 is 13.0 Å². The number of halogens is 2. The number of alkyl halides is 2. The van der Waals surface area contributed by atoms with Gasteiger partial charge < -0.3 is 9.64 Å². The number of ether oxygens (including phenoxy) is 1. The molecular weight excluding hydrogens is 380 g/mol. The Labute approximate surface area is 169 Å². The third-order valence-electron chi connectivity index (χ3n) is 4.55. The van der Waals surface area contributed by atoms with Crippen molar-refractivity contribution in [3.8, 4) is 0 Å². The molecule has 0 radical (unpaired) electrons. The fourth-order valence-corrected chi connectivity index (χ4v) is 2.76. The summed E-state index contributed by atoms with van der Waals surface area (Å²) in [5.74, 6) is -0.0229. The maximum Gasteiger partial charge on any atom is 0.272 e. The predicted octanol–water partition coefficient (Wildman–Crippen LogP) is 3.13. The number of Topliss-reactive ketones (excluding diaryl/α,β-unsaturated/α-hetero) is 1. The summed E-state index contributed by atoms with van der Waals surface area (Å²) in [7, 11) is 0. The van der Waals surface area contributed by atoms with Gasteiger partial charge in [-0.3, -0.25) is 19.6 Å². The van der Waals surface area contributed by atoms with Gasteiger partial charge in [-0.2, -0.15) is 0 Å². The largest absolute Gasteiger partial charge is 0.486 e. The smallest absolute Gasteiger partial charge is 0.272 e. The van der Waals surface area contributed by atoms with Gasteiger partial charge in [0, 0.05) is 29.8 Å². The zero-order valence-corrected chi connectivity index (χ0v) is 16.4. The van der Waals surface area contributed by atoms with Crippen LogP contribution in [0.25, 0.3) is 0 Å². The van der Waals surface area contributed by atoms with Crippen LogP contribution in [0.4, 0.5) is 8.78 Å². The highest BCUT2D eigenvalue weighted by Crippen LogP contribution is 2.35. The van der Waals surface area contributed by atoms with Crippen molar-refractivity contribution in [2.45, 2.75) is 26.2 Å². The van der Waals surface area contributed by atoms with Crippen molar-refractivity contribution >= 4 is 24.6 Å². The minimum Gasteiger partial charge on any atom is -0.486 e. The van der Waals surface area contributed by atoms with Crippen molar-refractivity contribution in [1.82, 2.24) is 4.90 Å². The Kier molecular flexibility index (Phi) is 8.18. The number of allylic oxidation sites excluding steroid dienone is 3. The lowest BCUT2D eigenvalue weighted by Gasteiger charge is -2.15. The molecule has 1 aliphatic heterocycles. The quantitative estimate of drug-likeness (QED) is 0.285. The zero-order valence-electron chi connectivity index (χ0n) is 16.4. The first kappa shape index (κ1) is 22.4. The van der Waals surface area contributed by atoms with E-state index in [0.717, 1.165) is 12.8 Å². The Hall–Kier alpha value is -2.90. The van der Waals surface area contributed by atoms with Crippen molar-refractivity contribution in [1.29, 1.82) is 0 Å². The van der Waals surface area contributed by atoms with E-state index in [-0.39, 0.29) is 43.0 Å². The minimum absolute atomic E-state index is 0.0115. The average molecular weight is 405 g/mol. The van der Waals surface area contributed by atoms with E-state index in [4.69, 9.17) is 4.74 Å². The third-order valence-corrected chi connectivity index (χ3v) is 4.55. The maximum absolute atomic E-state index is 12.6. The summed E-state index contributed by atoms with van der Waals surface area (Å²) in [6.45, 7) is 8.63. The fraction of sp³-hybridized carbons (Fsp3) is 0.429. The van der Waals surface area contributed by atoms with Crippen molar-refractivity contribution in [3.05, 3.63) is 47.4 Å². The number of nitrogens with zero attached hydrogens (tertiary/aromatic N) is 3. The number of amides is 1. The second-order valence-electron chi connectivity index (χ2n) is 6.74. The molecule has 1 aliphatic carbocycles. The lowest BCUT2D eigenvalue weighted by Crippen LogP contribution is -2.30. The molecule has 0 aromatic carbocycles. The van der Waals surface area contributed by atoms with Gasteiger partial charge in [-0.05, 0) is 38.1 Å². The SMILES string of the molecule is C=C/C(C)=C(\C=N/CCN1CC(C(=O)C2CC2)=C(/C=C\N=C)C1=O)OCC(F)F. The number of ketones is 1. The van der Waals surface area contributed by atoms with Crippen LogP contribution in [-0.4, -0.2) is 62.2 Å². The Morgan fingerprint density at radius 1 is 1.41 bits per heavy atom. The first-order valence-corrected chi connectivity index (χ1v) is 9.32. The van der Waals surface area contributed by atoms with E-state index in [1.807, 2.05) is 0 Å². The summed E-state index contributed by atoms with van der Waals surface area (Å²) < 4.78 is 29.8. The summed E-state index contributed by atoms with van der Waals surface area (Å²) in [6.07, 6.45) is 4.87. The summed E-state index contributed by atoms with van der Waals surface area (Å²) in [5, 5.41) is 0. The van der Waals surface area contributed by atoms with Crippen LogP contribution in [0.15, 0.2) is 57.4 Å². The molecule has 0 aromatic heterocycles. The van der Waals surface area contributed by atoms with Gasteiger partial charge in [0.05, 0.1) is 19.3 Å². The van der Waals surface area contributed by atoms with Crippen LogP contribution in [-0.2, 0) is 14.3 Å². The van der Waals surface area contributed by atoms with E-state index >= 15 is 0 Å². The predicted molar refractivity (Wildman–Crippen MR) is 108 cm³/mol. The number of carbonyl (C=O) groups excluding carboxylic acids is 2. The normalized spacial score (nSPS) is 18.2. The highest BCUT2D eigenvalue weighted by Gasteiger charge is 2.38. The average Bonchev–Trinajstić information content (AvgIpc) is 3.50. The summed E-state index contributed by atoms with van der Waals surface area (Å²) in [4.78, 5) is 34.5. The molecule has 2 aliphatic rings. The number of rotatable bonds is 12. The summed E-state index contributed by atoms with van der Waals surface area (Å²) >= 11 is 0. The number of carbonyl (C=O) groups is 2. The lowest BCUT2D eigenvalue weighted by atomic mass is 10.0. The minimum atomic E-state index is -2.59. The van der Waals surface area contributed by atoms with Crippen LogP contribution in [0.3, 0.4) is 0 Å². The van der Waals surface area contributed by atoms with Gasteiger partial charge in [0.2, 0.25) is 0 Å².